The second kappa shape index (κ2) is 8.11. The van der Waals surface area contributed by atoms with Gasteiger partial charge in [-0.2, -0.15) is 26.3 Å². The number of halogens is 6. The molecule has 0 aliphatic heterocycles. The van der Waals surface area contributed by atoms with Crippen LogP contribution in [0.4, 0.5) is 32.0 Å². The van der Waals surface area contributed by atoms with Crippen LogP contribution < -0.4 is 5.09 Å². The molecule has 12 heteroatoms. The van der Waals surface area contributed by atoms with Crippen LogP contribution >= 0.6 is 7.66 Å². The third kappa shape index (κ3) is 9.88. The SMILES string of the molecule is C[Si](C)(C)N=P(Nc1ccccc1)(OCC(F)(F)F)OCC(F)(F)F. The summed E-state index contributed by atoms with van der Waals surface area (Å²) >= 11 is 0. The summed E-state index contributed by atoms with van der Waals surface area (Å²) in [5.74, 6) is 0. The Morgan fingerprint density at radius 1 is 0.920 bits per heavy atom. The molecule has 1 aromatic carbocycles. The van der Waals surface area contributed by atoms with Crippen LogP contribution in [0.25, 0.3) is 0 Å². The van der Waals surface area contributed by atoms with Crippen LogP contribution in [-0.2, 0) is 9.05 Å². The van der Waals surface area contributed by atoms with Crippen molar-refractivity contribution in [2.75, 3.05) is 18.3 Å². The minimum absolute atomic E-state index is 0.252. The first-order chi connectivity index (χ1) is 11.2. The minimum atomic E-state index is -4.74. The number of benzene rings is 1. The molecule has 0 atom stereocenters. The van der Waals surface area contributed by atoms with Crippen LogP contribution in [-0.4, -0.2) is 33.8 Å². The summed E-state index contributed by atoms with van der Waals surface area (Å²) in [7, 11) is -6.55. The molecule has 0 saturated heterocycles. The van der Waals surface area contributed by atoms with Gasteiger partial charge >= 0.3 is 20.0 Å². The first-order valence-electron chi connectivity index (χ1n) is 7.09. The Kier molecular flexibility index (Phi) is 7.14. The molecule has 0 aliphatic carbocycles. The second-order valence-electron chi connectivity index (χ2n) is 6.05. The lowest BCUT2D eigenvalue weighted by atomic mass is 10.3. The standard InChI is InChI=1S/C13H19F6N2O2PSi/c1-25(2,3)21-24(22-9-12(14,15)16,23-10-13(17,18)19)20-11-7-5-4-6-8-11/h4-8,20H,9-10H2,1-3H3. The lowest BCUT2D eigenvalue weighted by molar-refractivity contribution is -0.163. The van der Waals surface area contributed by atoms with Gasteiger partial charge in [-0.3, -0.25) is 13.5 Å². The summed E-state index contributed by atoms with van der Waals surface area (Å²) in [5.41, 5.74) is 0.252. The zero-order valence-corrected chi connectivity index (χ0v) is 15.7. The highest BCUT2D eigenvalue weighted by Gasteiger charge is 2.38. The molecule has 144 valence electrons. The lowest BCUT2D eigenvalue weighted by Crippen LogP contribution is -2.25. The highest BCUT2D eigenvalue weighted by atomic mass is 31.2. The summed E-state index contributed by atoms with van der Waals surface area (Å²) in [6.07, 6.45) is -9.47. The second-order valence-corrected chi connectivity index (χ2v) is 13.0. The molecule has 0 aliphatic rings. The summed E-state index contributed by atoms with van der Waals surface area (Å²) in [6, 6.07) is 7.73. The van der Waals surface area contributed by atoms with Crippen molar-refractivity contribution in [3.8, 4) is 0 Å². The normalized spacial score (nSPS) is 13.6. The van der Waals surface area contributed by atoms with E-state index in [0.29, 0.717) is 0 Å². The molecule has 0 unspecified atom stereocenters. The van der Waals surface area contributed by atoms with Crippen molar-refractivity contribution in [1.29, 1.82) is 0 Å². The van der Waals surface area contributed by atoms with E-state index in [1.165, 1.54) is 12.1 Å². The van der Waals surface area contributed by atoms with Crippen molar-refractivity contribution < 1.29 is 35.4 Å². The average molecular weight is 408 g/mol. The van der Waals surface area contributed by atoms with E-state index >= 15 is 0 Å². The van der Waals surface area contributed by atoms with E-state index in [9.17, 15) is 26.3 Å². The topological polar surface area (TPSA) is 42.9 Å². The van der Waals surface area contributed by atoms with Crippen molar-refractivity contribution in [1.82, 2.24) is 0 Å². The van der Waals surface area contributed by atoms with Gasteiger partial charge in [-0.25, -0.2) is 0 Å². The number of rotatable bonds is 7. The number of hydrogen-bond acceptors (Lipinski definition) is 3. The number of para-hydroxylation sites is 1. The molecule has 1 rings (SSSR count). The van der Waals surface area contributed by atoms with Gasteiger partial charge in [-0.05, 0) is 31.8 Å². The molecule has 0 radical (unpaired) electrons. The van der Waals surface area contributed by atoms with Crippen LogP contribution in [0, 0.1) is 0 Å². The van der Waals surface area contributed by atoms with E-state index in [2.05, 4.69) is 9.50 Å². The fourth-order valence-corrected chi connectivity index (χ4v) is 6.72. The van der Waals surface area contributed by atoms with Gasteiger partial charge in [0.2, 0.25) is 0 Å². The lowest BCUT2D eigenvalue weighted by Gasteiger charge is -2.29. The third-order valence-electron chi connectivity index (χ3n) is 2.28. The Morgan fingerprint density at radius 3 is 1.72 bits per heavy atom. The van der Waals surface area contributed by atoms with Gasteiger partial charge in [-0.1, -0.05) is 18.2 Å². The molecule has 0 amide bonds. The molecule has 0 bridgehead atoms. The molecular weight excluding hydrogens is 389 g/mol. The molecular formula is C13H19F6N2O2PSi. The Hall–Kier alpha value is -1.03. The van der Waals surface area contributed by atoms with Gasteiger partial charge in [0.25, 0.3) is 0 Å². The van der Waals surface area contributed by atoms with Gasteiger partial charge in [0.05, 0.1) is 0 Å². The number of nitrogens with one attached hydrogen (secondary N) is 1. The smallest absolute Gasteiger partial charge is 0.310 e. The highest BCUT2D eigenvalue weighted by Crippen LogP contribution is 2.54. The van der Waals surface area contributed by atoms with Crippen LogP contribution in [0.3, 0.4) is 0 Å². The van der Waals surface area contributed by atoms with E-state index in [1.54, 1.807) is 37.8 Å². The zero-order valence-electron chi connectivity index (χ0n) is 13.8. The van der Waals surface area contributed by atoms with Crippen LogP contribution in [0.1, 0.15) is 0 Å². The first-order valence-corrected chi connectivity index (χ1v) is 12.1. The van der Waals surface area contributed by atoms with Crippen molar-refractivity contribution in [3.63, 3.8) is 0 Å². The molecule has 0 aromatic heterocycles. The largest absolute Gasteiger partial charge is 0.412 e. The number of hydrogen-bond donors (Lipinski definition) is 1. The van der Waals surface area contributed by atoms with Crippen molar-refractivity contribution >= 4 is 21.6 Å². The predicted octanol–water partition coefficient (Wildman–Crippen LogP) is 6.04. The average Bonchev–Trinajstić information content (AvgIpc) is 2.41. The van der Waals surface area contributed by atoms with Crippen molar-refractivity contribution in [2.45, 2.75) is 32.0 Å². The summed E-state index contributed by atoms with van der Waals surface area (Å²) in [6.45, 7) is 1.42. The Labute approximate surface area is 142 Å². The Bertz CT molecular complexity index is 579. The minimum Gasteiger partial charge on any atom is -0.310 e. The predicted molar refractivity (Wildman–Crippen MR) is 86.8 cm³/mol. The number of alkyl halides is 6. The summed E-state index contributed by atoms with van der Waals surface area (Å²) in [4.78, 5) is 0. The fraction of sp³-hybridized carbons (Fsp3) is 0.538. The van der Waals surface area contributed by atoms with Gasteiger partial charge in [0.1, 0.15) is 0 Å². The molecule has 0 saturated carbocycles. The van der Waals surface area contributed by atoms with Crippen LogP contribution in [0.15, 0.2) is 34.7 Å². The first kappa shape index (κ1) is 22.0. The van der Waals surface area contributed by atoms with E-state index in [4.69, 9.17) is 9.05 Å². The maximum absolute atomic E-state index is 12.6. The maximum Gasteiger partial charge on any atom is 0.412 e. The van der Waals surface area contributed by atoms with E-state index in [0.717, 1.165) is 0 Å². The van der Waals surface area contributed by atoms with E-state index in [-0.39, 0.29) is 5.69 Å². The van der Waals surface area contributed by atoms with E-state index < -0.39 is 41.5 Å². The van der Waals surface area contributed by atoms with Crippen LogP contribution in [0.2, 0.25) is 19.6 Å². The van der Waals surface area contributed by atoms with Crippen molar-refractivity contribution in [2.24, 2.45) is 4.41 Å². The quantitative estimate of drug-likeness (QED) is 0.340. The molecule has 0 spiro atoms. The molecule has 1 N–H and O–H groups in total. The molecule has 25 heavy (non-hydrogen) atoms. The number of anilines is 1. The fourth-order valence-electron chi connectivity index (χ4n) is 1.58. The van der Waals surface area contributed by atoms with Crippen molar-refractivity contribution in [3.05, 3.63) is 30.3 Å². The number of nitrogens with zero attached hydrogens (tertiary/aromatic N) is 1. The maximum atomic E-state index is 12.6. The Morgan fingerprint density at radius 2 is 1.36 bits per heavy atom. The zero-order chi connectivity index (χ0) is 19.4. The van der Waals surface area contributed by atoms with Crippen LogP contribution in [0.5, 0.6) is 0 Å². The molecule has 4 nitrogen and oxygen atoms in total. The van der Waals surface area contributed by atoms with Gasteiger partial charge in [-0.15, -0.1) is 0 Å². The molecule has 0 heterocycles. The molecule has 1 aromatic rings. The van der Waals surface area contributed by atoms with Gasteiger partial charge in [0.15, 0.2) is 21.4 Å². The van der Waals surface area contributed by atoms with E-state index in [1.807, 2.05) is 0 Å². The van der Waals surface area contributed by atoms with Gasteiger partial charge < -0.3 is 5.09 Å². The molecule has 0 fully saturated rings. The summed E-state index contributed by atoms with van der Waals surface area (Å²) in [5, 5.41) is 2.53. The van der Waals surface area contributed by atoms with Gasteiger partial charge in [0, 0.05) is 5.69 Å². The third-order valence-corrected chi connectivity index (χ3v) is 7.23. The monoisotopic (exact) mass is 408 g/mol. The highest BCUT2D eigenvalue weighted by molar-refractivity contribution is 7.59. The Balaban J connectivity index is 3.27. The summed E-state index contributed by atoms with van der Waals surface area (Å²) < 4.78 is 89.2.